The van der Waals surface area contributed by atoms with E-state index in [2.05, 4.69) is 5.32 Å². The number of aromatic hydroxyl groups is 1. The predicted molar refractivity (Wildman–Crippen MR) is 106 cm³/mol. The van der Waals surface area contributed by atoms with Gasteiger partial charge >= 0.3 is 5.63 Å². The number of aryl methyl sites for hydroxylation is 1. The van der Waals surface area contributed by atoms with Crippen LogP contribution >= 0.6 is 0 Å². The minimum absolute atomic E-state index is 0.0341. The van der Waals surface area contributed by atoms with E-state index in [4.69, 9.17) is 4.42 Å². The van der Waals surface area contributed by atoms with Crippen molar-refractivity contribution in [3.05, 3.63) is 64.0 Å². The van der Waals surface area contributed by atoms with Gasteiger partial charge in [0.05, 0.1) is 0 Å². The molecule has 2 N–H and O–H groups in total. The maximum absolute atomic E-state index is 11.9. The van der Waals surface area contributed by atoms with Crippen LogP contribution in [-0.2, 0) is 17.8 Å². The zero-order chi connectivity index (χ0) is 19.6. The molecule has 3 rings (SSSR count). The first-order chi connectivity index (χ1) is 12.9. The second kappa shape index (κ2) is 7.53. The minimum Gasteiger partial charge on any atom is -0.508 e. The van der Waals surface area contributed by atoms with Gasteiger partial charge in [-0.25, -0.2) is 4.79 Å². The van der Waals surface area contributed by atoms with Crippen LogP contribution in [0.1, 0.15) is 25.0 Å². The van der Waals surface area contributed by atoms with Crippen LogP contribution in [0.3, 0.4) is 0 Å². The lowest BCUT2D eigenvalue weighted by Gasteiger charge is -2.16. The monoisotopic (exact) mass is 366 g/mol. The average molecular weight is 366 g/mol. The number of nitrogens with one attached hydrogen (secondary N) is 1. The predicted octanol–water partition coefficient (Wildman–Crippen LogP) is 3.66. The molecule has 140 valence electrons. The fraction of sp³-hybridized carbons (Fsp3) is 0.238. The van der Waals surface area contributed by atoms with Crippen molar-refractivity contribution < 1.29 is 14.3 Å². The van der Waals surface area contributed by atoms with Crippen molar-refractivity contribution in [2.45, 2.75) is 26.8 Å². The van der Waals surface area contributed by atoms with Gasteiger partial charge in [-0.1, -0.05) is 6.92 Å². The summed E-state index contributed by atoms with van der Waals surface area (Å²) in [7, 11) is 1.72. The molecule has 3 aromatic rings. The first-order valence-electron chi connectivity index (χ1n) is 8.76. The topological polar surface area (TPSA) is 82.8 Å². The Kier molecular flexibility index (Phi) is 5.16. The summed E-state index contributed by atoms with van der Waals surface area (Å²) < 4.78 is 5.22. The number of amides is 1. The van der Waals surface area contributed by atoms with E-state index in [9.17, 15) is 14.7 Å². The van der Waals surface area contributed by atoms with Crippen molar-refractivity contribution in [3.8, 4) is 5.75 Å². The quantitative estimate of drug-likeness (QED) is 0.674. The van der Waals surface area contributed by atoms with E-state index in [0.717, 1.165) is 27.9 Å². The third-order valence-electron chi connectivity index (χ3n) is 4.62. The summed E-state index contributed by atoms with van der Waals surface area (Å²) in [5, 5.41) is 14.1. The Balaban J connectivity index is 1.86. The molecule has 0 radical (unpaired) electrons. The maximum Gasteiger partial charge on any atom is 0.336 e. The minimum atomic E-state index is -0.457. The van der Waals surface area contributed by atoms with Gasteiger partial charge in [0.25, 0.3) is 0 Å². The molecule has 1 aromatic heterocycles. The van der Waals surface area contributed by atoms with Crippen LogP contribution in [-0.4, -0.2) is 18.1 Å². The molecule has 0 bridgehead atoms. The molecule has 1 amide bonds. The smallest absolute Gasteiger partial charge is 0.336 e. The number of anilines is 2. The van der Waals surface area contributed by atoms with E-state index in [-0.39, 0.29) is 11.7 Å². The average Bonchev–Trinajstić information content (AvgIpc) is 2.65. The molecule has 0 aliphatic heterocycles. The van der Waals surface area contributed by atoms with Crippen LogP contribution in [0.25, 0.3) is 11.0 Å². The van der Waals surface area contributed by atoms with Crippen molar-refractivity contribution >= 4 is 28.3 Å². The van der Waals surface area contributed by atoms with Crippen LogP contribution in [0.15, 0.2) is 51.7 Å². The zero-order valence-electron chi connectivity index (χ0n) is 15.6. The Morgan fingerprint density at radius 1 is 1.15 bits per heavy atom. The summed E-state index contributed by atoms with van der Waals surface area (Å²) in [4.78, 5) is 24.8. The van der Waals surface area contributed by atoms with Gasteiger partial charge < -0.3 is 19.7 Å². The number of hydrogen-bond donors (Lipinski definition) is 2. The molecule has 0 aliphatic carbocycles. The number of benzene rings is 2. The number of carbonyl (C=O) groups excluding carboxylic acids is 1. The van der Waals surface area contributed by atoms with Crippen molar-refractivity contribution in [3.63, 3.8) is 0 Å². The summed E-state index contributed by atoms with van der Waals surface area (Å²) in [5.74, 6) is 0.0941. The van der Waals surface area contributed by atoms with Gasteiger partial charge in [0.1, 0.15) is 11.3 Å². The van der Waals surface area contributed by atoms with E-state index in [1.807, 2.05) is 37.3 Å². The van der Waals surface area contributed by atoms with Gasteiger partial charge in [0.2, 0.25) is 5.91 Å². The SMILES string of the molecule is CCc1cc2c(CNc3ccc(N(C)C(C)=O)cc3)cc(=O)oc2cc1O. The highest BCUT2D eigenvalue weighted by Crippen LogP contribution is 2.27. The number of fused-ring (bicyclic) bond motifs is 1. The molecule has 2 aromatic carbocycles. The van der Waals surface area contributed by atoms with Crippen LogP contribution in [0.2, 0.25) is 0 Å². The third kappa shape index (κ3) is 3.95. The molecule has 6 heteroatoms. The number of phenolic OH excluding ortho intramolecular Hbond substituents is 1. The number of phenols is 1. The van der Waals surface area contributed by atoms with Gasteiger partial charge in [0, 0.05) is 49.4 Å². The first kappa shape index (κ1) is 18.5. The molecule has 0 aliphatic rings. The lowest BCUT2D eigenvalue weighted by atomic mass is 10.0. The van der Waals surface area contributed by atoms with Gasteiger partial charge in [0.15, 0.2) is 0 Å². The largest absolute Gasteiger partial charge is 0.508 e. The van der Waals surface area contributed by atoms with Crippen molar-refractivity contribution in [2.24, 2.45) is 0 Å². The van der Waals surface area contributed by atoms with Crippen molar-refractivity contribution in [1.29, 1.82) is 0 Å². The fourth-order valence-electron chi connectivity index (χ4n) is 2.92. The number of carbonyl (C=O) groups is 1. The molecule has 27 heavy (non-hydrogen) atoms. The standard InChI is InChI=1S/C21H22N2O4/c1-4-14-9-18-15(10-21(26)27-20(18)11-19(14)25)12-22-16-5-7-17(8-6-16)23(3)13(2)24/h5-11,22,25H,4,12H2,1-3H3. The molecule has 0 atom stereocenters. The Morgan fingerprint density at radius 3 is 2.48 bits per heavy atom. The van der Waals surface area contributed by atoms with E-state index < -0.39 is 5.63 Å². The second-order valence-corrected chi connectivity index (χ2v) is 6.40. The summed E-state index contributed by atoms with van der Waals surface area (Å²) >= 11 is 0. The second-order valence-electron chi connectivity index (χ2n) is 6.40. The van der Waals surface area contributed by atoms with Crippen molar-refractivity contribution in [1.82, 2.24) is 0 Å². The van der Waals surface area contributed by atoms with Crippen LogP contribution < -0.4 is 15.8 Å². The number of nitrogens with zero attached hydrogens (tertiary/aromatic N) is 1. The third-order valence-corrected chi connectivity index (χ3v) is 4.62. The molecular weight excluding hydrogens is 344 g/mol. The normalized spacial score (nSPS) is 10.8. The summed E-state index contributed by atoms with van der Waals surface area (Å²) in [6, 6.07) is 12.3. The summed E-state index contributed by atoms with van der Waals surface area (Å²) in [6.45, 7) is 3.90. The Morgan fingerprint density at radius 2 is 1.85 bits per heavy atom. The molecule has 0 fully saturated rings. The highest BCUT2D eigenvalue weighted by Gasteiger charge is 2.10. The molecule has 0 saturated heterocycles. The van der Waals surface area contributed by atoms with E-state index in [0.29, 0.717) is 18.5 Å². The summed E-state index contributed by atoms with van der Waals surface area (Å²) in [6.07, 6.45) is 0.679. The first-order valence-corrected chi connectivity index (χ1v) is 8.76. The molecule has 1 heterocycles. The Hall–Kier alpha value is -3.28. The van der Waals surface area contributed by atoms with Crippen LogP contribution in [0.5, 0.6) is 5.75 Å². The molecule has 6 nitrogen and oxygen atoms in total. The van der Waals surface area contributed by atoms with Gasteiger partial charge in [-0.2, -0.15) is 0 Å². The molecule has 0 unspecified atom stereocenters. The molecule has 0 saturated carbocycles. The fourth-order valence-corrected chi connectivity index (χ4v) is 2.92. The summed E-state index contributed by atoms with van der Waals surface area (Å²) in [5.41, 5.74) is 3.18. The Labute approximate surface area is 157 Å². The lowest BCUT2D eigenvalue weighted by molar-refractivity contribution is -0.116. The zero-order valence-corrected chi connectivity index (χ0v) is 15.6. The van der Waals surface area contributed by atoms with Gasteiger partial charge in [-0.3, -0.25) is 4.79 Å². The van der Waals surface area contributed by atoms with Crippen molar-refractivity contribution in [2.75, 3.05) is 17.3 Å². The van der Waals surface area contributed by atoms with Crippen LogP contribution in [0, 0.1) is 0 Å². The van der Waals surface area contributed by atoms with E-state index in [1.165, 1.54) is 19.1 Å². The highest BCUT2D eigenvalue weighted by atomic mass is 16.4. The van der Waals surface area contributed by atoms with Gasteiger partial charge in [-0.15, -0.1) is 0 Å². The molecular formula is C21H22N2O4. The molecule has 0 spiro atoms. The van der Waals surface area contributed by atoms with E-state index in [1.54, 1.807) is 11.9 Å². The van der Waals surface area contributed by atoms with E-state index >= 15 is 0 Å². The number of hydrogen-bond acceptors (Lipinski definition) is 5. The highest BCUT2D eigenvalue weighted by molar-refractivity contribution is 5.91. The maximum atomic E-state index is 11.9. The van der Waals surface area contributed by atoms with Crippen LogP contribution in [0.4, 0.5) is 11.4 Å². The lowest BCUT2D eigenvalue weighted by Crippen LogP contribution is -2.22. The Bertz CT molecular complexity index is 1040. The van der Waals surface area contributed by atoms with Gasteiger partial charge in [-0.05, 0) is 47.9 Å². The number of rotatable bonds is 5.